The first-order valence-electron chi connectivity index (χ1n) is 8.56. The van der Waals surface area contributed by atoms with Gasteiger partial charge in [-0.15, -0.1) is 0 Å². The molecule has 0 bridgehead atoms. The number of ether oxygens (including phenoxy) is 2. The first kappa shape index (κ1) is 22.1. The van der Waals surface area contributed by atoms with Crippen molar-refractivity contribution in [1.82, 2.24) is 4.90 Å². The molecule has 0 spiro atoms. The maximum Gasteiger partial charge on any atom is 0.334 e. The van der Waals surface area contributed by atoms with E-state index in [0.29, 0.717) is 0 Å². The van der Waals surface area contributed by atoms with Crippen LogP contribution >= 0.6 is 0 Å². The number of nitrogens with zero attached hydrogens (tertiary/aromatic N) is 1. The van der Waals surface area contributed by atoms with Crippen LogP contribution in [0.2, 0.25) is 0 Å². The average Bonchev–Trinajstić information content (AvgIpc) is 2.52. The summed E-state index contributed by atoms with van der Waals surface area (Å²) in [5.41, 5.74) is 0.0445. The van der Waals surface area contributed by atoms with Crippen LogP contribution in [-0.2, 0) is 23.9 Å². The lowest BCUT2D eigenvalue weighted by atomic mass is 10.1. The maximum atomic E-state index is 11.9. The van der Waals surface area contributed by atoms with Gasteiger partial charge in [0.25, 0.3) is 0 Å². The van der Waals surface area contributed by atoms with Crippen LogP contribution in [-0.4, -0.2) is 49.6 Å². The summed E-state index contributed by atoms with van der Waals surface area (Å²) in [4.78, 5) is 36.5. The van der Waals surface area contributed by atoms with Gasteiger partial charge in [-0.25, -0.2) is 4.79 Å². The Balaban J connectivity index is 4.20. The second-order valence-corrected chi connectivity index (χ2v) is 6.00. The van der Waals surface area contributed by atoms with E-state index in [4.69, 9.17) is 9.47 Å². The molecule has 0 saturated heterocycles. The van der Waals surface area contributed by atoms with Gasteiger partial charge in [0, 0.05) is 19.7 Å². The highest BCUT2D eigenvalue weighted by Crippen LogP contribution is 2.13. The molecule has 0 aromatic heterocycles. The lowest BCUT2D eigenvalue weighted by molar-refractivity contribution is -0.151. The Morgan fingerprint density at radius 2 is 1.75 bits per heavy atom. The van der Waals surface area contributed by atoms with E-state index in [1.165, 1.54) is 4.90 Å². The van der Waals surface area contributed by atoms with Gasteiger partial charge in [-0.2, -0.15) is 0 Å². The van der Waals surface area contributed by atoms with Gasteiger partial charge in [-0.05, 0) is 12.8 Å². The molecule has 138 valence electrons. The number of amides is 1. The van der Waals surface area contributed by atoms with Gasteiger partial charge in [0.2, 0.25) is 5.91 Å². The van der Waals surface area contributed by atoms with Crippen molar-refractivity contribution in [2.75, 3.05) is 20.7 Å². The number of esters is 2. The molecule has 6 heteroatoms. The fourth-order valence-corrected chi connectivity index (χ4v) is 2.05. The highest BCUT2D eigenvalue weighted by molar-refractivity contribution is 5.93. The van der Waals surface area contributed by atoms with Crippen molar-refractivity contribution in [1.29, 1.82) is 0 Å². The molecule has 0 radical (unpaired) electrons. The minimum Gasteiger partial charge on any atom is -0.462 e. The summed E-state index contributed by atoms with van der Waals surface area (Å²) >= 11 is 0. The molecule has 24 heavy (non-hydrogen) atoms. The van der Waals surface area contributed by atoms with Crippen LogP contribution < -0.4 is 0 Å². The van der Waals surface area contributed by atoms with E-state index in [9.17, 15) is 14.4 Å². The summed E-state index contributed by atoms with van der Waals surface area (Å²) in [6.07, 6.45) is 4.44. The van der Waals surface area contributed by atoms with E-state index in [1.54, 1.807) is 14.1 Å². The smallest absolute Gasteiger partial charge is 0.334 e. The second kappa shape index (κ2) is 12.6. The van der Waals surface area contributed by atoms with Crippen molar-refractivity contribution in [2.45, 2.75) is 64.9 Å². The van der Waals surface area contributed by atoms with E-state index in [-0.39, 0.29) is 37.0 Å². The van der Waals surface area contributed by atoms with Crippen LogP contribution in [0.1, 0.15) is 58.8 Å². The Hall–Kier alpha value is -1.85. The molecular formula is C18H31NO5. The maximum absolute atomic E-state index is 11.9. The molecular weight excluding hydrogens is 310 g/mol. The third kappa shape index (κ3) is 10.0. The Bertz CT molecular complexity index is 431. The fourth-order valence-electron chi connectivity index (χ4n) is 2.05. The molecule has 0 aromatic carbocycles. The van der Waals surface area contributed by atoms with E-state index in [0.717, 1.165) is 32.1 Å². The monoisotopic (exact) mass is 341 g/mol. The molecule has 0 aliphatic heterocycles. The van der Waals surface area contributed by atoms with Gasteiger partial charge in [0.15, 0.2) is 0 Å². The number of hydrogen-bond donors (Lipinski definition) is 0. The van der Waals surface area contributed by atoms with Gasteiger partial charge in [0.1, 0.15) is 12.7 Å². The SMILES string of the molecule is C=C(CC(=O)OC(CCC)CCCC)C(=O)OCCC(=O)N(C)C. The number of carbonyl (C=O) groups is 3. The molecule has 0 heterocycles. The van der Waals surface area contributed by atoms with Crippen molar-refractivity contribution < 1.29 is 23.9 Å². The second-order valence-electron chi connectivity index (χ2n) is 6.00. The van der Waals surface area contributed by atoms with E-state index in [1.807, 2.05) is 6.92 Å². The summed E-state index contributed by atoms with van der Waals surface area (Å²) in [6, 6.07) is 0. The number of rotatable bonds is 12. The molecule has 0 N–H and O–H groups in total. The predicted octanol–water partition coefficient (Wildman–Crippen LogP) is 2.86. The van der Waals surface area contributed by atoms with E-state index in [2.05, 4.69) is 13.5 Å². The Labute approximate surface area is 145 Å². The summed E-state index contributed by atoms with van der Waals surface area (Å²) in [6.45, 7) is 7.67. The van der Waals surface area contributed by atoms with Crippen LogP contribution in [0.15, 0.2) is 12.2 Å². The summed E-state index contributed by atoms with van der Waals surface area (Å²) in [5.74, 6) is -1.26. The van der Waals surface area contributed by atoms with Gasteiger partial charge >= 0.3 is 11.9 Å². The lowest BCUT2D eigenvalue weighted by Crippen LogP contribution is -2.24. The van der Waals surface area contributed by atoms with Crippen LogP contribution in [0.4, 0.5) is 0 Å². The van der Waals surface area contributed by atoms with Crippen molar-refractivity contribution in [2.24, 2.45) is 0 Å². The highest BCUT2D eigenvalue weighted by Gasteiger charge is 2.18. The van der Waals surface area contributed by atoms with Crippen molar-refractivity contribution in [3.8, 4) is 0 Å². The third-order valence-corrected chi connectivity index (χ3v) is 3.48. The quantitative estimate of drug-likeness (QED) is 0.403. The topological polar surface area (TPSA) is 72.9 Å². The standard InChI is InChI=1S/C18H31NO5/c1-6-8-10-15(9-7-2)24-17(21)13-14(3)18(22)23-12-11-16(20)19(4)5/h15H,3,6-13H2,1-2,4-5H3. The zero-order chi connectivity index (χ0) is 18.5. The minimum atomic E-state index is -0.667. The van der Waals surface area contributed by atoms with Crippen LogP contribution in [0, 0.1) is 0 Å². The first-order valence-corrected chi connectivity index (χ1v) is 8.56. The van der Waals surface area contributed by atoms with Crippen molar-refractivity contribution >= 4 is 17.8 Å². The van der Waals surface area contributed by atoms with E-state index >= 15 is 0 Å². The zero-order valence-electron chi connectivity index (χ0n) is 15.4. The van der Waals surface area contributed by atoms with Gasteiger partial charge in [-0.3, -0.25) is 9.59 Å². The van der Waals surface area contributed by atoms with Gasteiger partial charge in [0.05, 0.1) is 12.8 Å². The molecule has 0 saturated carbocycles. The summed E-state index contributed by atoms with van der Waals surface area (Å²) in [7, 11) is 3.26. The molecule has 6 nitrogen and oxygen atoms in total. The molecule has 0 aliphatic rings. The lowest BCUT2D eigenvalue weighted by Gasteiger charge is -2.17. The van der Waals surface area contributed by atoms with Crippen molar-refractivity contribution in [3.05, 3.63) is 12.2 Å². The molecule has 0 rings (SSSR count). The normalized spacial score (nSPS) is 11.5. The van der Waals surface area contributed by atoms with Gasteiger partial charge in [-0.1, -0.05) is 39.7 Å². The summed E-state index contributed by atoms with van der Waals surface area (Å²) in [5, 5.41) is 0. The molecule has 1 amide bonds. The zero-order valence-corrected chi connectivity index (χ0v) is 15.4. The first-order chi connectivity index (χ1) is 11.3. The largest absolute Gasteiger partial charge is 0.462 e. The van der Waals surface area contributed by atoms with Gasteiger partial charge < -0.3 is 14.4 Å². The molecule has 0 aliphatic carbocycles. The molecule has 1 atom stereocenters. The average molecular weight is 341 g/mol. The Kier molecular flexibility index (Phi) is 11.6. The number of hydrogen-bond acceptors (Lipinski definition) is 5. The van der Waals surface area contributed by atoms with Crippen LogP contribution in [0.3, 0.4) is 0 Å². The van der Waals surface area contributed by atoms with E-state index < -0.39 is 11.9 Å². The summed E-state index contributed by atoms with van der Waals surface area (Å²) < 4.78 is 10.4. The third-order valence-electron chi connectivity index (χ3n) is 3.48. The fraction of sp³-hybridized carbons (Fsp3) is 0.722. The number of carbonyl (C=O) groups excluding carboxylic acids is 3. The Morgan fingerprint density at radius 3 is 2.29 bits per heavy atom. The minimum absolute atomic E-state index is 0.0289. The van der Waals surface area contributed by atoms with Crippen molar-refractivity contribution in [3.63, 3.8) is 0 Å². The highest BCUT2D eigenvalue weighted by atomic mass is 16.5. The number of unbranched alkanes of at least 4 members (excludes halogenated alkanes) is 1. The predicted molar refractivity (Wildman–Crippen MR) is 92.3 cm³/mol. The molecule has 1 unspecified atom stereocenters. The molecule has 0 aromatic rings. The van der Waals surface area contributed by atoms with Crippen LogP contribution in [0.25, 0.3) is 0 Å². The molecule has 0 fully saturated rings. The van der Waals surface area contributed by atoms with Crippen LogP contribution in [0.5, 0.6) is 0 Å². The Morgan fingerprint density at radius 1 is 1.08 bits per heavy atom.